The molecule has 2 saturated carbocycles. The number of alkyl carbamates (subject to hydrolysis) is 1. The minimum absolute atomic E-state index is 0.0462. The summed E-state index contributed by atoms with van der Waals surface area (Å²) in [5.41, 5.74) is 1.46. The number of carbonyl (C=O) groups is 4. The zero-order chi connectivity index (χ0) is 30.2. The van der Waals surface area contributed by atoms with Gasteiger partial charge in [0.1, 0.15) is 23.7 Å². The van der Waals surface area contributed by atoms with Crippen molar-refractivity contribution in [3.8, 4) is 5.75 Å². The van der Waals surface area contributed by atoms with Gasteiger partial charge in [-0.15, -0.1) is 11.3 Å². The van der Waals surface area contributed by atoms with E-state index in [-0.39, 0.29) is 29.7 Å². The second-order valence-corrected chi connectivity index (χ2v) is 14.5. The number of fused-ring (bicyclic) bond motifs is 5. The molecule has 0 spiro atoms. The molecular formula is C32H41N3O6S. The van der Waals surface area contributed by atoms with Gasteiger partial charge in [0.25, 0.3) is 0 Å². The van der Waals surface area contributed by atoms with Gasteiger partial charge in [-0.1, -0.05) is 13.0 Å². The summed E-state index contributed by atoms with van der Waals surface area (Å²) in [5, 5.41) is 5.96. The molecule has 226 valence electrons. The van der Waals surface area contributed by atoms with Crippen molar-refractivity contribution in [2.45, 2.75) is 91.1 Å². The molecular weight excluding hydrogens is 554 g/mol. The molecule has 1 aromatic carbocycles. The molecule has 1 heterocycles. The summed E-state index contributed by atoms with van der Waals surface area (Å²) in [7, 11) is 0. The monoisotopic (exact) mass is 595 g/mol. The standard InChI is InChI=1S/C32H41N3O6S/c1-18-16-33-29(42-18)35-26(37)11-7-20-15-25(36)32(5)13-12-23-22-10-8-21(14-19(22)6-9-24(23)28(20)32)40-27(38)17-34-30(39)41-31(2,3)4/h8,10,14,16,20,23-24,28H,6-7,9,11-13,15,17H2,1-5H3,(H,34,39)(H,33,35,37). The van der Waals surface area contributed by atoms with E-state index in [1.807, 2.05) is 19.1 Å². The Morgan fingerprint density at radius 2 is 1.98 bits per heavy atom. The van der Waals surface area contributed by atoms with Crippen LogP contribution in [-0.2, 0) is 25.5 Å². The summed E-state index contributed by atoms with van der Waals surface area (Å²) in [6, 6.07) is 5.82. The van der Waals surface area contributed by atoms with Crippen LogP contribution in [0.25, 0.3) is 0 Å². The minimum Gasteiger partial charge on any atom is -0.444 e. The Labute approximate surface area is 251 Å². The maximum Gasteiger partial charge on any atom is 0.408 e. The molecule has 2 N–H and O–H groups in total. The highest BCUT2D eigenvalue weighted by molar-refractivity contribution is 7.15. The van der Waals surface area contributed by atoms with Crippen LogP contribution in [0.1, 0.15) is 88.1 Å². The van der Waals surface area contributed by atoms with Crippen molar-refractivity contribution in [1.82, 2.24) is 10.3 Å². The van der Waals surface area contributed by atoms with Crippen molar-refractivity contribution in [2.24, 2.45) is 23.2 Å². The molecule has 3 aliphatic rings. The summed E-state index contributed by atoms with van der Waals surface area (Å²) in [6.45, 7) is 9.09. The van der Waals surface area contributed by atoms with E-state index in [4.69, 9.17) is 9.47 Å². The lowest BCUT2D eigenvalue weighted by atomic mass is 9.54. The first-order valence-electron chi connectivity index (χ1n) is 14.9. The molecule has 10 heteroatoms. The molecule has 2 fully saturated rings. The quantitative estimate of drug-likeness (QED) is 0.299. The number of hydrogen-bond acceptors (Lipinski definition) is 8. The number of anilines is 1. The fraction of sp³-hybridized carbons (Fsp3) is 0.594. The fourth-order valence-electron chi connectivity index (χ4n) is 7.48. The lowest BCUT2D eigenvalue weighted by Gasteiger charge is -2.50. The first-order chi connectivity index (χ1) is 19.8. The van der Waals surface area contributed by atoms with Gasteiger partial charge >= 0.3 is 12.1 Å². The Balaban J connectivity index is 1.22. The van der Waals surface area contributed by atoms with Crippen molar-refractivity contribution < 1.29 is 28.7 Å². The average molecular weight is 596 g/mol. The molecule has 0 saturated heterocycles. The molecule has 2 amide bonds. The van der Waals surface area contributed by atoms with E-state index in [0.717, 1.165) is 30.6 Å². The average Bonchev–Trinajstić information content (AvgIpc) is 3.43. The van der Waals surface area contributed by atoms with Gasteiger partial charge in [-0.25, -0.2) is 14.6 Å². The van der Waals surface area contributed by atoms with Gasteiger partial charge < -0.3 is 20.1 Å². The first-order valence-corrected chi connectivity index (χ1v) is 15.7. The molecule has 9 nitrogen and oxygen atoms in total. The van der Waals surface area contributed by atoms with Crippen LogP contribution in [-0.4, -0.2) is 40.9 Å². The van der Waals surface area contributed by atoms with Gasteiger partial charge in [-0.3, -0.25) is 9.59 Å². The number of hydrogen-bond donors (Lipinski definition) is 2. The minimum atomic E-state index is -0.667. The predicted molar refractivity (Wildman–Crippen MR) is 160 cm³/mol. The number of aryl methyl sites for hydroxylation is 2. The molecule has 3 aliphatic carbocycles. The van der Waals surface area contributed by atoms with Crippen LogP contribution in [0, 0.1) is 30.1 Å². The number of Topliss-reactive ketones (excluding diaryl/α,β-unsaturated/α-hetero) is 1. The van der Waals surface area contributed by atoms with E-state index < -0.39 is 17.7 Å². The molecule has 5 unspecified atom stereocenters. The number of aromatic nitrogens is 1. The number of esters is 1. The normalized spacial score (nSPS) is 26.5. The SMILES string of the molecule is Cc1cnc(NC(=O)CCC2CC(=O)C3(C)CCC4c5ccc(OC(=O)CNC(=O)OC(C)(C)C)cc5CCC4C23)s1. The Hall–Kier alpha value is -3.27. The number of benzene rings is 1. The second kappa shape index (κ2) is 11.8. The van der Waals surface area contributed by atoms with E-state index in [1.54, 1.807) is 27.0 Å². The maximum atomic E-state index is 13.3. The summed E-state index contributed by atoms with van der Waals surface area (Å²) in [5.74, 6) is 1.36. The Kier molecular flexibility index (Phi) is 8.47. The number of thiazole rings is 1. The number of carbonyl (C=O) groups excluding carboxylic acids is 4. The van der Waals surface area contributed by atoms with Crippen LogP contribution in [0.5, 0.6) is 5.75 Å². The van der Waals surface area contributed by atoms with Gasteiger partial charge in [0, 0.05) is 29.3 Å². The van der Waals surface area contributed by atoms with Gasteiger partial charge in [-0.2, -0.15) is 0 Å². The highest BCUT2D eigenvalue weighted by Crippen LogP contribution is 2.62. The summed E-state index contributed by atoms with van der Waals surface area (Å²) in [6.07, 6.45) is 6.32. The van der Waals surface area contributed by atoms with Crippen LogP contribution in [0.3, 0.4) is 0 Å². The third-order valence-electron chi connectivity index (χ3n) is 9.16. The number of rotatable bonds is 7. The highest BCUT2D eigenvalue weighted by Gasteiger charge is 2.58. The summed E-state index contributed by atoms with van der Waals surface area (Å²) < 4.78 is 10.7. The number of ketones is 1. The fourth-order valence-corrected chi connectivity index (χ4v) is 8.16. The second-order valence-electron chi connectivity index (χ2n) is 13.2. The van der Waals surface area contributed by atoms with E-state index in [2.05, 4.69) is 28.6 Å². The van der Waals surface area contributed by atoms with E-state index in [0.29, 0.717) is 47.8 Å². The Morgan fingerprint density at radius 1 is 1.19 bits per heavy atom. The molecule has 5 rings (SSSR count). The van der Waals surface area contributed by atoms with Crippen molar-refractivity contribution in [3.63, 3.8) is 0 Å². The molecule has 5 atom stereocenters. The molecule has 42 heavy (non-hydrogen) atoms. The number of nitrogens with one attached hydrogen (secondary N) is 2. The van der Waals surface area contributed by atoms with Crippen LogP contribution in [0.2, 0.25) is 0 Å². The third kappa shape index (κ3) is 6.53. The molecule has 0 radical (unpaired) electrons. The van der Waals surface area contributed by atoms with Gasteiger partial charge in [0.2, 0.25) is 5.91 Å². The molecule has 2 aromatic rings. The topological polar surface area (TPSA) is 124 Å². The molecule has 0 aliphatic heterocycles. The molecule has 0 bridgehead atoms. The van der Waals surface area contributed by atoms with Crippen molar-refractivity contribution in [3.05, 3.63) is 40.4 Å². The number of amides is 2. The van der Waals surface area contributed by atoms with Crippen LogP contribution in [0.4, 0.5) is 9.93 Å². The first kappa shape index (κ1) is 30.2. The van der Waals surface area contributed by atoms with Gasteiger partial charge in [0.15, 0.2) is 5.13 Å². The lowest BCUT2D eigenvalue weighted by molar-refractivity contribution is -0.133. The lowest BCUT2D eigenvalue weighted by Crippen LogP contribution is -2.44. The van der Waals surface area contributed by atoms with Gasteiger partial charge in [0.05, 0.1) is 0 Å². The van der Waals surface area contributed by atoms with Crippen LogP contribution >= 0.6 is 11.3 Å². The van der Waals surface area contributed by atoms with Crippen molar-refractivity contribution >= 4 is 40.2 Å². The van der Waals surface area contributed by atoms with Crippen molar-refractivity contribution in [1.29, 1.82) is 0 Å². The van der Waals surface area contributed by atoms with Crippen LogP contribution in [0.15, 0.2) is 24.4 Å². The van der Waals surface area contributed by atoms with E-state index in [9.17, 15) is 19.2 Å². The third-order valence-corrected chi connectivity index (χ3v) is 9.99. The smallest absolute Gasteiger partial charge is 0.408 e. The predicted octanol–water partition coefficient (Wildman–Crippen LogP) is 5.95. The number of nitrogens with zero attached hydrogens (tertiary/aromatic N) is 1. The zero-order valence-corrected chi connectivity index (χ0v) is 25.9. The van der Waals surface area contributed by atoms with E-state index >= 15 is 0 Å². The Morgan fingerprint density at radius 3 is 2.69 bits per heavy atom. The van der Waals surface area contributed by atoms with Crippen LogP contribution < -0.4 is 15.4 Å². The zero-order valence-electron chi connectivity index (χ0n) is 25.1. The van der Waals surface area contributed by atoms with Crippen molar-refractivity contribution in [2.75, 3.05) is 11.9 Å². The highest BCUT2D eigenvalue weighted by atomic mass is 32.1. The summed E-state index contributed by atoms with van der Waals surface area (Å²) >= 11 is 1.46. The molecule has 1 aromatic heterocycles. The Bertz CT molecular complexity index is 1380. The van der Waals surface area contributed by atoms with E-state index in [1.165, 1.54) is 22.5 Å². The summed E-state index contributed by atoms with van der Waals surface area (Å²) in [4.78, 5) is 55.5. The van der Waals surface area contributed by atoms with Gasteiger partial charge in [-0.05, 0) is 107 Å². The maximum absolute atomic E-state index is 13.3. The number of ether oxygens (including phenoxy) is 2. The largest absolute Gasteiger partial charge is 0.444 e.